The Bertz CT molecular complexity index is 259. The molecular formula is C6H7N3S. The molecular weight excluding hydrogens is 146 g/mol. The molecule has 0 radical (unpaired) electrons. The first-order valence-corrected chi connectivity index (χ1v) is 3.09. The SMILES string of the molecule is Nc1ccc(N=S)c(N)c1. The number of nitrogens with two attached hydrogens (primary N) is 2. The maximum Gasteiger partial charge on any atom is 0.0999 e. The highest BCUT2D eigenvalue weighted by Crippen LogP contribution is 2.22. The van der Waals surface area contributed by atoms with Gasteiger partial charge in [-0.3, -0.25) is 0 Å². The van der Waals surface area contributed by atoms with E-state index in [1.54, 1.807) is 18.2 Å². The zero-order chi connectivity index (χ0) is 7.56. The van der Waals surface area contributed by atoms with Gasteiger partial charge in [0.2, 0.25) is 0 Å². The zero-order valence-corrected chi connectivity index (χ0v) is 6.06. The summed E-state index contributed by atoms with van der Waals surface area (Å²) in [6.45, 7) is 0. The second-order valence-electron chi connectivity index (χ2n) is 1.91. The summed E-state index contributed by atoms with van der Waals surface area (Å²) in [5.41, 5.74) is 12.7. The van der Waals surface area contributed by atoms with Crippen LogP contribution in [-0.2, 0) is 12.4 Å². The Morgan fingerprint density at radius 3 is 2.50 bits per heavy atom. The number of hydrogen-bond acceptors (Lipinski definition) is 4. The van der Waals surface area contributed by atoms with E-state index in [0.29, 0.717) is 17.1 Å². The highest BCUT2D eigenvalue weighted by atomic mass is 32.1. The highest BCUT2D eigenvalue weighted by Gasteiger charge is 1.94. The molecule has 52 valence electrons. The Morgan fingerprint density at radius 1 is 1.30 bits per heavy atom. The summed E-state index contributed by atoms with van der Waals surface area (Å²) in [5.74, 6) is 0. The van der Waals surface area contributed by atoms with Crippen molar-refractivity contribution in [3.05, 3.63) is 18.2 Å². The summed E-state index contributed by atoms with van der Waals surface area (Å²) >= 11 is 4.45. The van der Waals surface area contributed by atoms with Gasteiger partial charge in [-0.05, 0) is 18.2 Å². The molecule has 0 aliphatic rings. The van der Waals surface area contributed by atoms with Crippen molar-refractivity contribution in [2.45, 2.75) is 0 Å². The number of nitrogens with zero attached hydrogens (tertiary/aromatic N) is 1. The van der Waals surface area contributed by atoms with Crippen LogP contribution < -0.4 is 11.5 Å². The topological polar surface area (TPSA) is 64.4 Å². The summed E-state index contributed by atoms with van der Waals surface area (Å²) < 4.78 is 3.51. The standard InChI is InChI=1S/C6H7N3S/c7-4-1-2-6(9-10)5(8)3-4/h1-3H,7-8H2. The van der Waals surface area contributed by atoms with Crippen LogP contribution in [0, 0.1) is 0 Å². The number of benzene rings is 1. The number of rotatable bonds is 1. The second-order valence-corrected chi connectivity index (χ2v) is 2.09. The van der Waals surface area contributed by atoms with Gasteiger partial charge in [-0.1, -0.05) is 0 Å². The molecule has 0 unspecified atom stereocenters. The van der Waals surface area contributed by atoms with E-state index < -0.39 is 0 Å². The monoisotopic (exact) mass is 153 g/mol. The smallest absolute Gasteiger partial charge is 0.0999 e. The first-order valence-electron chi connectivity index (χ1n) is 2.72. The first kappa shape index (κ1) is 6.95. The normalized spacial score (nSPS) is 9.20. The fourth-order valence-corrected chi connectivity index (χ4v) is 0.822. The molecule has 0 aliphatic heterocycles. The van der Waals surface area contributed by atoms with Crippen molar-refractivity contribution < 1.29 is 0 Å². The van der Waals surface area contributed by atoms with Crippen molar-refractivity contribution in [2.75, 3.05) is 11.5 Å². The fraction of sp³-hybridized carbons (Fsp3) is 0. The van der Waals surface area contributed by atoms with Crippen LogP contribution in [0.3, 0.4) is 0 Å². The molecule has 4 N–H and O–H groups in total. The molecule has 0 bridgehead atoms. The Morgan fingerprint density at radius 2 is 2.00 bits per heavy atom. The molecule has 10 heavy (non-hydrogen) atoms. The third-order valence-electron chi connectivity index (χ3n) is 1.15. The van der Waals surface area contributed by atoms with Crippen LogP contribution in [0.4, 0.5) is 17.1 Å². The van der Waals surface area contributed by atoms with E-state index >= 15 is 0 Å². The molecule has 0 fully saturated rings. The second kappa shape index (κ2) is 2.62. The molecule has 1 aromatic carbocycles. The largest absolute Gasteiger partial charge is 0.399 e. The average Bonchev–Trinajstić information content (AvgIpc) is 1.88. The van der Waals surface area contributed by atoms with E-state index in [4.69, 9.17) is 11.5 Å². The minimum Gasteiger partial charge on any atom is -0.399 e. The third-order valence-corrected chi connectivity index (χ3v) is 1.35. The molecule has 1 aromatic rings. The van der Waals surface area contributed by atoms with Gasteiger partial charge in [-0.2, -0.15) is 4.36 Å². The van der Waals surface area contributed by atoms with Gasteiger partial charge in [0.15, 0.2) is 0 Å². The van der Waals surface area contributed by atoms with Crippen molar-refractivity contribution >= 4 is 29.5 Å². The van der Waals surface area contributed by atoms with Crippen LogP contribution in [0.1, 0.15) is 0 Å². The summed E-state index contributed by atoms with van der Waals surface area (Å²) in [4.78, 5) is 0. The van der Waals surface area contributed by atoms with Crippen LogP contribution in [0.5, 0.6) is 0 Å². The van der Waals surface area contributed by atoms with E-state index in [1.165, 1.54) is 0 Å². The lowest BCUT2D eigenvalue weighted by molar-refractivity contribution is 1.56. The lowest BCUT2D eigenvalue weighted by Gasteiger charge is -1.97. The summed E-state index contributed by atoms with van der Waals surface area (Å²) in [5, 5.41) is 0. The van der Waals surface area contributed by atoms with Gasteiger partial charge < -0.3 is 11.5 Å². The number of nitrogen functional groups attached to an aromatic ring is 2. The van der Waals surface area contributed by atoms with E-state index in [9.17, 15) is 0 Å². The van der Waals surface area contributed by atoms with Crippen LogP contribution in [-0.4, -0.2) is 0 Å². The molecule has 0 amide bonds. The van der Waals surface area contributed by atoms with Gasteiger partial charge >= 0.3 is 0 Å². The van der Waals surface area contributed by atoms with Crippen molar-refractivity contribution in [2.24, 2.45) is 4.36 Å². The Balaban J connectivity index is 3.19. The van der Waals surface area contributed by atoms with Gasteiger partial charge in [0.1, 0.15) is 0 Å². The summed E-state index contributed by atoms with van der Waals surface area (Å²) in [6.07, 6.45) is 0. The molecule has 3 nitrogen and oxygen atoms in total. The van der Waals surface area contributed by atoms with Crippen molar-refractivity contribution in [1.29, 1.82) is 0 Å². The van der Waals surface area contributed by atoms with Gasteiger partial charge in [-0.15, -0.1) is 0 Å². The minimum absolute atomic E-state index is 0.523. The molecule has 0 atom stereocenters. The highest BCUT2D eigenvalue weighted by molar-refractivity contribution is 7.47. The van der Waals surface area contributed by atoms with Crippen molar-refractivity contribution in [3.63, 3.8) is 0 Å². The number of anilines is 2. The van der Waals surface area contributed by atoms with Crippen LogP contribution in [0.25, 0.3) is 0 Å². The first-order chi connectivity index (χ1) is 4.74. The molecule has 0 aliphatic carbocycles. The molecule has 0 aromatic heterocycles. The predicted molar refractivity (Wildman–Crippen MR) is 44.7 cm³/mol. The van der Waals surface area contributed by atoms with Gasteiger partial charge in [0.05, 0.1) is 11.4 Å². The average molecular weight is 153 g/mol. The molecule has 1 rings (SSSR count). The summed E-state index contributed by atoms with van der Waals surface area (Å²) in [7, 11) is 0. The maximum absolute atomic E-state index is 5.49. The van der Waals surface area contributed by atoms with Gasteiger partial charge in [-0.25, -0.2) is 0 Å². The lowest BCUT2D eigenvalue weighted by atomic mass is 10.2. The van der Waals surface area contributed by atoms with Crippen molar-refractivity contribution in [3.8, 4) is 0 Å². The van der Waals surface area contributed by atoms with Gasteiger partial charge in [0.25, 0.3) is 0 Å². The van der Waals surface area contributed by atoms with Crippen LogP contribution in [0.2, 0.25) is 0 Å². The third kappa shape index (κ3) is 1.22. The van der Waals surface area contributed by atoms with E-state index in [2.05, 4.69) is 16.8 Å². The maximum atomic E-state index is 5.49. The quantitative estimate of drug-likeness (QED) is 0.596. The molecule has 0 heterocycles. The van der Waals surface area contributed by atoms with Crippen molar-refractivity contribution in [1.82, 2.24) is 0 Å². The molecule has 0 spiro atoms. The Hall–Kier alpha value is -1.16. The van der Waals surface area contributed by atoms with E-state index in [-0.39, 0.29) is 0 Å². The Labute approximate surface area is 64.2 Å². The zero-order valence-electron chi connectivity index (χ0n) is 5.24. The van der Waals surface area contributed by atoms with Gasteiger partial charge in [0, 0.05) is 18.1 Å². The van der Waals surface area contributed by atoms with Crippen LogP contribution >= 0.6 is 0 Å². The predicted octanol–water partition coefficient (Wildman–Crippen LogP) is 1.21. The number of hydrogen-bond donors (Lipinski definition) is 2. The molecule has 4 heteroatoms. The lowest BCUT2D eigenvalue weighted by Crippen LogP contribution is -1.88. The molecule has 0 saturated heterocycles. The summed E-state index contributed by atoms with van der Waals surface area (Å²) in [6, 6.07) is 5.03. The minimum atomic E-state index is 0.523. The fourth-order valence-electron chi connectivity index (χ4n) is 0.656. The van der Waals surface area contributed by atoms with Crippen LogP contribution in [0.15, 0.2) is 22.6 Å². The van der Waals surface area contributed by atoms with E-state index in [0.717, 1.165) is 0 Å². The van der Waals surface area contributed by atoms with E-state index in [1.807, 2.05) is 0 Å². The Kier molecular flexibility index (Phi) is 1.82. The molecule has 0 saturated carbocycles.